The number of halogens is 1. The van der Waals surface area contributed by atoms with Gasteiger partial charge in [-0.2, -0.15) is 0 Å². The van der Waals surface area contributed by atoms with Crippen LogP contribution in [-0.4, -0.2) is 33.6 Å². The number of anilines is 1. The molecule has 7 nitrogen and oxygen atoms in total. The van der Waals surface area contributed by atoms with Crippen molar-refractivity contribution in [3.8, 4) is 0 Å². The van der Waals surface area contributed by atoms with Gasteiger partial charge in [-0.15, -0.1) is 17.9 Å². The summed E-state index contributed by atoms with van der Waals surface area (Å²) in [4.78, 5) is 11.5. The molecule has 2 heterocycles. The van der Waals surface area contributed by atoms with Gasteiger partial charge in [-0.05, 0) is 25.5 Å². The van der Waals surface area contributed by atoms with Crippen LogP contribution in [0.3, 0.4) is 0 Å². The molecule has 2 amide bonds. The summed E-state index contributed by atoms with van der Waals surface area (Å²) in [5.41, 5.74) is 5.40. The third-order valence-corrected chi connectivity index (χ3v) is 6.68. The van der Waals surface area contributed by atoms with E-state index in [1.165, 1.54) is 12.1 Å². The van der Waals surface area contributed by atoms with E-state index >= 15 is 0 Å². The average Bonchev–Trinajstić information content (AvgIpc) is 2.79. The molecule has 2 rings (SSSR count). The number of amides is 2. The van der Waals surface area contributed by atoms with E-state index < -0.39 is 21.3 Å². The normalized spacial score (nSPS) is 20.0. The predicted molar refractivity (Wildman–Crippen MR) is 93.4 cm³/mol. The van der Waals surface area contributed by atoms with Crippen LogP contribution >= 0.6 is 22.9 Å². The predicted octanol–water partition coefficient (Wildman–Crippen LogP) is 1.79. The molecule has 1 saturated heterocycles. The molecule has 0 aromatic carbocycles. The van der Waals surface area contributed by atoms with Gasteiger partial charge in [0.1, 0.15) is 5.25 Å². The number of nitrogens with one attached hydrogen (secondary N) is 3. The zero-order valence-corrected chi connectivity index (χ0v) is 14.7. The number of carbonyl (C=O) groups is 1. The number of hydrogen-bond acceptors (Lipinski definition) is 5. The van der Waals surface area contributed by atoms with E-state index in [9.17, 15) is 13.2 Å². The summed E-state index contributed by atoms with van der Waals surface area (Å²) < 4.78 is 28.4. The topological polar surface area (TPSA) is 113 Å². The maximum Gasteiger partial charge on any atom is 0.316 e. The van der Waals surface area contributed by atoms with Gasteiger partial charge in [0, 0.05) is 12.6 Å². The SMILES string of the molecule is C=CC(c1sc(Cl)cc1NC(N)=O)S(=O)(=O)NC1CCCNC1. The zero-order chi connectivity index (χ0) is 17.0. The molecule has 1 fully saturated rings. The second-order valence-electron chi connectivity index (χ2n) is 5.18. The van der Waals surface area contributed by atoms with Crippen LogP contribution in [0.2, 0.25) is 4.34 Å². The molecule has 0 aliphatic carbocycles. The van der Waals surface area contributed by atoms with Gasteiger partial charge >= 0.3 is 6.03 Å². The van der Waals surface area contributed by atoms with Gasteiger partial charge in [0.2, 0.25) is 10.0 Å². The Hall–Kier alpha value is -1.13. The Bertz CT molecular complexity index is 683. The van der Waals surface area contributed by atoms with Crippen LogP contribution in [0.4, 0.5) is 10.5 Å². The van der Waals surface area contributed by atoms with Crippen molar-refractivity contribution in [3.63, 3.8) is 0 Å². The van der Waals surface area contributed by atoms with E-state index in [0.717, 1.165) is 30.7 Å². The second kappa shape index (κ2) is 7.63. The standard InChI is InChI=1S/C13H19ClN4O3S2/c1-2-10(12-9(17-13(15)19)6-11(14)22-12)23(20,21)18-8-4-3-5-16-7-8/h2,6,8,10,16,18H,1,3-5,7H2,(H3,15,17,19). The van der Waals surface area contributed by atoms with Crippen molar-refractivity contribution in [3.05, 3.63) is 27.9 Å². The van der Waals surface area contributed by atoms with E-state index in [-0.39, 0.29) is 11.7 Å². The molecule has 1 aliphatic rings. The van der Waals surface area contributed by atoms with Crippen molar-refractivity contribution < 1.29 is 13.2 Å². The highest BCUT2D eigenvalue weighted by molar-refractivity contribution is 7.90. The molecule has 1 aromatic rings. The van der Waals surface area contributed by atoms with Gasteiger partial charge in [-0.1, -0.05) is 17.7 Å². The Morgan fingerprint density at radius 1 is 1.61 bits per heavy atom. The highest BCUT2D eigenvalue weighted by Crippen LogP contribution is 2.39. The third-order valence-electron chi connectivity index (χ3n) is 3.42. The van der Waals surface area contributed by atoms with E-state index in [2.05, 4.69) is 21.9 Å². The molecule has 10 heteroatoms. The molecular formula is C13H19ClN4O3S2. The number of hydrogen-bond donors (Lipinski definition) is 4. The smallest absolute Gasteiger partial charge is 0.316 e. The number of nitrogens with two attached hydrogens (primary N) is 1. The molecule has 2 atom stereocenters. The van der Waals surface area contributed by atoms with Crippen LogP contribution < -0.4 is 21.1 Å². The van der Waals surface area contributed by atoms with Crippen LogP contribution in [0.1, 0.15) is 23.0 Å². The highest BCUT2D eigenvalue weighted by atomic mass is 35.5. The lowest BCUT2D eigenvalue weighted by atomic mass is 10.1. The van der Waals surface area contributed by atoms with E-state index in [0.29, 0.717) is 15.8 Å². The first kappa shape index (κ1) is 18.2. The van der Waals surface area contributed by atoms with Gasteiger partial charge in [0.05, 0.1) is 14.9 Å². The summed E-state index contributed by atoms with van der Waals surface area (Å²) in [6.45, 7) is 5.08. The minimum Gasteiger partial charge on any atom is -0.351 e. The number of primary amides is 1. The summed E-state index contributed by atoms with van der Waals surface area (Å²) in [6, 6.07) is 0.519. The fourth-order valence-electron chi connectivity index (χ4n) is 2.45. The molecule has 1 aromatic heterocycles. The van der Waals surface area contributed by atoms with Crippen molar-refractivity contribution >= 4 is 44.7 Å². The zero-order valence-electron chi connectivity index (χ0n) is 12.3. The molecule has 0 bridgehead atoms. The van der Waals surface area contributed by atoms with Crippen molar-refractivity contribution in [2.24, 2.45) is 5.73 Å². The lowest BCUT2D eigenvalue weighted by Gasteiger charge is -2.25. The largest absolute Gasteiger partial charge is 0.351 e. The van der Waals surface area contributed by atoms with Crippen LogP contribution in [-0.2, 0) is 10.0 Å². The molecule has 0 saturated carbocycles. The number of piperidine rings is 1. The maximum absolute atomic E-state index is 12.7. The Labute approximate surface area is 144 Å². The first-order chi connectivity index (χ1) is 10.8. The molecule has 23 heavy (non-hydrogen) atoms. The summed E-state index contributed by atoms with van der Waals surface area (Å²) in [5.74, 6) is 0. The van der Waals surface area contributed by atoms with Crippen molar-refractivity contribution in [1.82, 2.24) is 10.0 Å². The Kier molecular flexibility index (Phi) is 6.04. The molecule has 128 valence electrons. The summed E-state index contributed by atoms with van der Waals surface area (Å²) in [5, 5.41) is 4.52. The van der Waals surface area contributed by atoms with Gasteiger partial charge in [0.25, 0.3) is 0 Å². The monoisotopic (exact) mass is 378 g/mol. The minimum atomic E-state index is -3.72. The fraction of sp³-hybridized carbons (Fsp3) is 0.462. The molecule has 2 unspecified atom stereocenters. The Balaban J connectivity index is 2.27. The van der Waals surface area contributed by atoms with E-state index in [1.54, 1.807) is 0 Å². The Morgan fingerprint density at radius 2 is 2.35 bits per heavy atom. The van der Waals surface area contributed by atoms with Crippen LogP contribution in [0.25, 0.3) is 0 Å². The number of urea groups is 1. The van der Waals surface area contributed by atoms with Crippen LogP contribution in [0.15, 0.2) is 18.7 Å². The summed E-state index contributed by atoms with van der Waals surface area (Å²) >= 11 is 7.03. The minimum absolute atomic E-state index is 0.167. The van der Waals surface area contributed by atoms with Crippen molar-refractivity contribution in [1.29, 1.82) is 0 Å². The lowest BCUT2D eigenvalue weighted by Crippen LogP contribution is -2.46. The first-order valence-corrected chi connectivity index (χ1v) is 9.77. The molecular weight excluding hydrogens is 360 g/mol. The van der Waals surface area contributed by atoms with E-state index in [1.807, 2.05) is 0 Å². The second-order valence-corrected chi connectivity index (χ2v) is 8.73. The van der Waals surface area contributed by atoms with Crippen LogP contribution in [0.5, 0.6) is 0 Å². The number of sulfonamides is 1. The van der Waals surface area contributed by atoms with Gasteiger partial charge in [-0.3, -0.25) is 0 Å². The Morgan fingerprint density at radius 3 is 2.91 bits per heavy atom. The lowest BCUT2D eigenvalue weighted by molar-refractivity contribution is 0.259. The summed E-state index contributed by atoms with van der Waals surface area (Å²) in [6.07, 6.45) is 2.99. The van der Waals surface area contributed by atoms with Crippen molar-refractivity contribution in [2.45, 2.75) is 24.1 Å². The summed E-state index contributed by atoms with van der Waals surface area (Å²) in [7, 11) is -3.72. The number of thiophene rings is 1. The van der Waals surface area contributed by atoms with Gasteiger partial charge in [-0.25, -0.2) is 17.9 Å². The van der Waals surface area contributed by atoms with Gasteiger partial charge in [0.15, 0.2) is 0 Å². The molecule has 0 spiro atoms. The molecule has 1 aliphatic heterocycles. The maximum atomic E-state index is 12.7. The van der Waals surface area contributed by atoms with Crippen molar-refractivity contribution in [2.75, 3.05) is 18.4 Å². The fourth-order valence-corrected chi connectivity index (χ4v) is 5.63. The number of rotatable bonds is 6. The molecule has 5 N–H and O–H groups in total. The molecule has 0 radical (unpaired) electrons. The number of carbonyl (C=O) groups excluding carboxylic acids is 1. The quantitative estimate of drug-likeness (QED) is 0.565. The van der Waals surface area contributed by atoms with Crippen LogP contribution in [0, 0.1) is 0 Å². The van der Waals surface area contributed by atoms with E-state index in [4.69, 9.17) is 17.3 Å². The van der Waals surface area contributed by atoms with Gasteiger partial charge < -0.3 is 16.4 Å². The highest BCUT2D eigenvalue weighted by Gasteiger charge is 2.31. The average molecular weight is 379 g/mol. The third kappa shape index (κ3) is 4.67. The first-order valence-electron chi connectivity index (χ1n) is 7.03.